The first-order valence-electron chi connectivity index (χ1n) is 8.47. The third-order valence-electron chi connectivity index (χ3n) is 4.76. The third-order valence-corrected chi connectivity index (χ3v) is 5.38. The van der Waals surface area contributed by atoms with E-state index < -0.39 is 0 Å². The number of aryl methyl sites for hydroxylation is 1. The smallest absolute Gasteiger partial charge is 0.255 e. The average molecular weight is 406 g/mol. The molecule has 0 unspecified atom stereocenters. The Morgan fingerprint density at radius 1 is 1.19 bits per heavy atom. The molecule has 5 nitrogen and oxygen atoms in total. The fraction of sp³-hybridized carbons (Fsp3) is 0.250. The van der Waals surface area contributed by atoms with E-state index in [0.717, 1.165) is 28.7 Å². The van der Waals surface area contributed by atoms with Crippen molar-refractivity contribution in [3.63, 3.8) is 0 Å². The summed E-state index contributed by atoms with van der Waals surface area (Å²) >= 11 is 12.1. The minimum atomic E-state index is -0.240. The van der Waals surface area contributed by atoms with Gasteiger partial charge in [-0.05, 0) is 49.7 Å². The Bertz CT molecular complexity index is 1000. The van der Waals surface area contributed by atoms with E-state index in [2.05, 4.69) is 23.7 Å². The summed E-state index contributed by atoms with van der Waals surface area (Å²) in [6.07, 6.45) is 0. The highest BCUT2D eigenvalue weighted by Crippen LogP contribution is 2.32. The van der Waals surface area contributed by atoms with Gasteiger partial charge in [-0.15, -0.1) is 0 Å². The van der Waals surface area contributed by atoms with Crippen molar-refractivity contribution < 1.29 is 9.53 Å². The quantitative estimate of drug-likeness (QED) is 0.583. The van der Waals surface area contributed by atoms with E-state index in [9.17, 15) is 4.79 Å². The molecule has 0 spiro atoms. The number of nitrogens with two attached hydrogens (primary N) is 1. The van der Waals surface area contributed by atoms with Crippen LogP contribution >= 0.6 is 23.2 Å². The summed E-state index contributed by atoms with van der Waals surface area (Å²) in [5.74, 6) is -0.240. The number of nitrogen functional groups attached to an aromatic ring is 1. The Balaban J connectivity index is 1.93. The van der Waals surface area contributed by atoms with E-state index >= 15 is 0 Å². The van der Waals surface area contributed by atoms with Crippen LogP contribution in [0.2, 0.25) is 10.0 Å². The molecule has 142 valence electrons. The molecule has 1 heterocycles. The van der Waals surface area contributed by atoms with Crippen molar-refractivity contribution in [1.29, 1.82) is 0 Å². The summed E-state index contributed by atoms with van der Waals surface area (Å²) in [7, 11) is 1.69. The number of halogens is 2. The molecule has 0 fully saturated rings. The molecule has 0 saturated heterocycles. The number of benzene rings is 2. The molecule has 1 amide bonds. The monoisotopic (exact) mass is 405 g/mol. The van der Waals surface area contributed by atoms with Gasteiger partial charge in [0.2, 0.25) is 0 Å². The molecule has 27 heavy (non-hydrogen) atoms. The first-order chi connectivity index (χ1) is 12.8. The normalized spacial score (nSPS) is 11.1. The van der Waals surface area contributed by atoms with Gasteiger partial charge in [0.1, 0.15) is 0 Å². The highest BCUT2D eigenvalue weighted by molar-refractivity contribution is 6.39. The zero-order chi connectivity index (χ0) is 19.7. The van der Waals surface area contributed by atoms with Gasteiger partial charge in [-0.2, -0.15) is 0 Å². The summed E-state index contributed by atoms with van der Waals surface area (Å²) in [6, 6.07) is 8.83. The van der Waals surface area contributed by atoms with Gasteiger partial charge in [0.15, 0.2) is 0 Å². The van der Waals surface area contributed by atoms with E-state index in [1.807, 2.05) is 12.1 Å². The first-order valence-corrected chi connectivity index (χ1v) is 9.23. The fourth-order valence-electron chi connectivity index (χ4n) is 3.12. The van der Waals surface area contributed by atoms with E-state index in [1.54, 1.807) is 25.3 Å². The largest absolute Gasteiger partial charge is 0.396 e. The molecular weight excluding hydrogens is 385 g/mol. The number of hydrogen-bond donors (Lipinski definition) is 2. The van der Waals surface area contributed by atoms with Crippen LogP contribution in [0, 0.1) is 13.8 Å². The van der Waals surface area contributed by atoms with Crippen molar-refractivity contribution in [2.24, 2.45) is 0 Å². The Hall–Kier alpha value is -2.21. The molecule has 0 radical (unpaired) electrons. The maximum atomic E-state index is 12.7. The number of nitrogens with zero attached hydrogens (tertiary/aromatic N) is 1. The zero-order valence-corrected chi connectivity index (χ0v) is 16.9. The van der Waals surface area contributed by atoms with Crippen molar-refractivity contribution in [2.75, 3.05) is 24.8 Å². The van der Waals surface area contributed by atoms with Crippen LogP contribution in [-0.4, -0.2) is 24.2 Å². The lowest BCUT2D eigenvalue weighted by Gasteiger charge is -2.10. The van der Waals surface area contributed by atoms with Gasteiger partial charge in [-0.3, -0.25) is 4.79 Å². The predicted octanol–water partition coefficient (Wildman–Crippen LogP) is 5.05. The first kappa shape index (κ1) is 19.5. The summed E-state index contributed by atoms with van der Waals surface area (Å²) in [6.45, 7) is 5.52. The van der Waals surface area contributed by atoms with Crippen molar-refractivity contribution in [3.05, 3.63) is 57.2 Å². The number of aromatic nitrogens is 1. The number of fused-ring (bicyclic) bond motifs is 1. The predicted molar refractivity (Wildman–Crippen MR) is 112 cm³/mol. The lowest BCUT2D eigenvalue weighted by molar-refractivity contribution is 0.102. The Morgan fingerprint density at radius 2 is 1.85 bits per heavy atom. The maximum Gasteiger partial charge on any atom is 0.255 e. The van der Waals surface area contributed by atoms with Crippen LogP contribution in [-0.2, 0) is 11.3 Å². The zero-order valence-electron chi connectivity index (χ0n) is 15.4. The number of carbonyl (C=O) groups is 1. The van der Waals surface area contributed by atoms with Crippen molar-refractivity contribution in [3.8, 4) is 0 Å². The minimum absolute atomic E-state index is 0.240. The average Bonchev–Trinajstić information content (AvgIpc) is 2.88. The molecule has 2 aromatic carbocycles. The molecule has 3 aromatic rings. The number of ether oxygens (including phenoxy) is 1. The molecule has 0 aliphatic rings. The topological polar surface area (TPSA) is 69.3 Å². The number of carbonyl (C=O) groups excluding carboxylic acids is 1. The second kappa shape index (κ2) is 7.80. The molecule has 0 atom stereocenters. The standard InChI is InChI=1S/C20H21Cl2N3O2/c1-11-12(2)25(6-7-27-3)18-5-4-13(8-15(11)18)20(26)24-14-9-16(21)19(23)17(22)10-14/h4-5,8-10H,6-7,23H2,1-3H3,(H,24,26). The molecule has 0 aliphatic heterocycles. The number of nitrogens with one attached hydrogen (secondary N) is 1. The molecule has 0 aliphatic carbocycles. The molecule has 3 rings (SSSR count). The summed E-state index contributed by atoms with van der Waals surface area (Å²) in [5, 5.41) is 4.46. The lowest BCUT2D eigenvalue weighted by Crippen LogP contribution is -2.12. The number of amides is 1. The van der Waals surface area contributed by atoms with Gasteiger partial charge in [-0.1, -0.05) is 23.2 Å². The van der Waals surface area contributed by atoms with Gasteiger partial charge >= 0.3 is 0 Å². The fourth-order valence-corrected chi connectivity index (χ4v) is 3.61. The van der Waals surface area contributed by atoms with Crippen molar-refractivity contribution >= 4 is 51.4 Å². The van der Waals surface area contributed by atoms with Gasteiger partial charge < -0.3 is 20.4 Å². The SMILES string of the molecule is COCCn1c(C)c(C)c2cc(C(=O)Nc3cc(Cl)c(N)c(Cl)c3)ccc21. The molecule has 0 bridgehead atoms. The van der Waals surface area contributed by atoms with Crippen LogP contribution in [0.5, 0.6) is 0 Å². The van der Waals surface area contributed by atoms with Gasteiger partial charge in [0, 0.05) is 41.5 Å². The molecule has 0 saturated carbocycles. The maximum absolute atomic E-state index is 12.7. The summed E-state index contributed by atoms with van der Waals surface area (Å²) in [4.78, 5) is 12.7. The second-order valence-corrected chi connectivity index (χ2v) is 7.21. The van der Waals surface area contributed by atoms with E-state index in [1.165, 1.54) is 0 Å². The number of hydrogen-bond acceptors (Lipinski definition) is 3. The van der Waals surface area contributed by atoms with E-state index in [4.69, 9.17) is 33.7 Å². The Morgan fingerprint density at radius 3 is 2.48 bits per heavy atom. The van der Waals surface area contributed by atoms with E-state index in [0.29, 0.717) is 33.6 Å². The number of methoxy groups -OCH3 is 1. The highest BCUT2D eigenvalue weighted by Gasteiger charge is 2.15. The summed E-state index contributed by atoms with van der Waals surface area (Å²) < 4.78 is 7.40. The Kier molecular flexibility index (Phi) is 5.65. The van der Waals surface area contributed by atoms with Crippen LogP contribution in [0.15, 0.2) is 30.3 Å². The third kappa shape index (κ3) is 3.76. The second-order valence-electron chi connectivity index (χ2n) is 6.39. The van der Waals surface area contributed by atoms with Crippen molar-refractivity contribution in [1.82, 2.24) is 4.57 Å². The van der Waals surface area contributed by atoms with Crippen LogP contribution < -0.4 is 11.1 Å². The van der Waals surface area contributed by atoms with Crippen LogP contribution in [0.4, 0.5) is 11.4 Å². The molecular formula is C20H21Cl2N3O2. The summed E-state index contributed by atoms with van der Waals surface area (Å²) in [5.41, 5.74) is 10.5. The molecule has 3 N–H and O–H groups in total. The van der Waals surface area contributed by atoms with Gasteiger partial charge in [-0.25, -0.2) is 0 Å². The van der Waals surface area contributed by atoms with Crippen LogP contribution in [0.3, 0.4) is 0 Å². The molecule has 7 heteroatoms. The number of anilines is 2. The van der Waals surface area contributed by atoms with E-state index in [-0.39, 0.29) is 5.91 Å². The van der Waals surface area contributed by atoms with Gasteiger partial charge in [0.05, 0.1) is 22.3 Å². The Labute approximate surface area is 168 Å². The van der Waals surface area contributed by atoms with Crippen LogP contribution in [0.1, 0.15) is 21.6 Å². The highest BCUT2D eigenvalue weighted by atomic mass is 35.5. The van der Waals surface area contributed by atoms with Gasteiger partial charge in [0.25, 0.3) is 5.91 Å². The van der Waals surface area contributed by atoms with Crippen molar-refractivity contribution in [2.45, 2.75) is 20.4 Å². The minimum Gasteiger partial charge on any atom is -0.396 e. The molecule has 1 aromatic heterocycles. The van der Waals surface area contributed by atoms with Crippen LogP contribution in [0.25, 0.3) is 10.9 Å². The lowest BCUT2D eigenvalue weighted by atomic mass is 10.1. The number of rotatable bonds is 5.